The lowest BCUT2D eigenvalue weighted by Crippen LogP contribution is -2.41. The molecule has 7 heteroatoms. The van der Waals surface area contributed by atoms with Crippen LogP contribution in [0.2, 0.25) is 0 Å². The first-order valence-corrected chi connectivity index (χ1v) is 8.20. The quantitative estimate of drug-likeness (QED) is 0.903. The van der Waals surface area contributed by atoms with Gasteiger partial charge in [0.1, 0.15) is 17.4 Å². The van der Waals surface area contributed by atoms with Crippen LogP contribution in [0.1, 0.15) is 48.4 Å². The number of hydrogen-bond donors (Lipinski definition) is 1. The molecule has 3 rings (SSSR count). The maximum Gasteiger partial charge on any atom is 0.220 e. The van der Waals surface area contributed by atoms with Crippen LogP contribution in [0.15, 0.2) is 4.52 Å². The fourth-order valence-corrected chi connectivity index (χ4v) is 3.16. The van der Waals surface area contributed by atoms with Crippen molar-refractivity contribution < 1.29 is 9.32 Å². The minimum Gasteiger partial charge on any atom is -0.361 e. The van der Waals surface area contributed by atoms with E-state index < -0.39 is 0 Å². The van der Waals surface area contributed by atoms with Gasteiger partial charge in [0, 0.05) is 37.4 Å². The first-order chi connectivity index (χ1) is 11.1. The summed E-state index contributed by atoms with van der Waals surface area (Å²) in [5.41, 5.74) is 1.91. The Hall–Kier alpha value is -2.18. The maximum atomic E-state index is 12.2. The summed E-state index contributed by atoms with van der Waals surface area (Å²) in [5.74, 6) is 2.90. The largest absolute Gasteiger partial charge is 0.361 e. The highest BCUT2D eigenvalue weighted by atomic mass is 16.5. The number of aryl methyl sites for hydroxylation is 4. The van der Waals surface area contributed by atoms with E-state index in [1.165, 1.54) is 0 Å². The van der Waals surface area contributed by atoms with Crippen molar-refractivity contribution in [1.29, 1.82) is 0 Å². The molecule has 0 fully saturated rings. The number of rotatable bonds is 5. The number of nitrogens with zero attached hydrogens (tertiary/aromatic N) is 4. The Morgan fingerprint density at radius 2 is 2.22 bits per heavy atom. The van der Waals surface area contributed by atoms with E-state index in [1.807, 2.05) is 13.8 Å². The number of fused-ring (bicyclic) bond motifs is 1. The molecule has 3 heterocycles. The van der Waals surface area contributed by atoms with E-state index in [0.717, 1.165) is 54.5 Å². The van der Waals surface area contributed by atoms with E-state index in [9.17, 15) is 4.79 Å². The molecule has 1 amide bonds. The summed E-state index contributed by atoms with van der Waals surface area (Å²) >= 11 is 0. The standard InChI is InChI=1S/C16H23N5O2/c1-4-14-18-19-15-7-5-12(9-21(14)15)17-16(22)8-6-13-10(2)20-23-11(13)3/h12H,4-9H2,1-3H3,(H,17,22)/t12-/m0/s1. The fraction of sp³-hybridized carbons (Fsp3) is 0.625. The third-order valence-electron chi connectivity index (χ3n) is 4.49. The van der Waals surface area contributed by atoms with Crippen molar-refractivity contribution in [3.63, 3.8) is 0 Å². The van der Waals surface area contributed by atoms with Crippen LogP contribution in [-0.2, 0) is 30.6 Å². The molecule has 23 heavy (non-hydrogen) atoms. The highest BCUT2D eigenvalue weighted by molar-refractivity contribution is 5.76. The first-order valence-electron chi connectivity index (χ1n) is 8.20. The number of nitrogens with one attached hydrogen (secondary N) is 1. The van der Waals surface area contributed by atoms with Crippen LogP contribution in [-0.4, -0.2) is 31.9 Å². The molecule has 1 atom stereocenters. The van der Waals surface area contributed by atoms with Gasteiger partial charge >= 0.3 is 0 Å². The lowest BCUT2D eigenvalue weighted by Gasteiger charge is -2.25. The molecule has 0 saturated carbocycles. The van der Waals surface area contributed by atoms with E-state index in [2.05, 4.69) is 32.2 Å². The van der Waals surface area contributed by atoms with Crippen LogP contribution in [0.3, 0.4) is 0 Å². The van der Waals surface area contributed by atoms with Crippen LogP contribution in [0, 0.1) is 13.8 Å². The smallest absolute Gasteiger partial charge is 0.220 e. The zero-order valence-corrected chi connectivity index (χ0v) is 13.9. The number of hydrogen-bond acceptors (Lipinski definition) is 5. The van der Waals surface area contributed by atoms with Crippen LogP contribution >= 0.6 is 0 Å². The van der Waals surface area contributed by atoms with Crippen molar-refractivity contribution in [1.82, 2.24) is 25.2 Å². The van der Waals surface area contributed by atoms with E-state index in [-0.39, 0.29) is 11.9 Å². The lowest BCUT2D eigenvalue weighted by molar-refractivity contribution is -0.122. The molecule has 2 aromatic heterocycles. The van der Waals surface area contributed by atoms with Gasteiger partial charge in [0.05, 0.1) is 5.69 Å². The van der Waals surface area contributed by atoms with Gasteiger partial charge in [0.15, 0.2) is 0 Å². The molecule has 0 spiro atoms. The van der Waals surface area contributed by atoms with Gasteiger partial charge in [0.2, 0.25) is 5.91 Å². The second-order valence-corrected chi connectivity index (χ2v) is 6.10. The van der Waals surface area contributed by atoms with Crippen molar-refractivity contribution in [2.75, 3.05) is 0 Å². The molecule has 1 aliphatic rings. The average Bonchev–Trinajstić information content (AvgIpc) is 3.08. The van der Waals surface area contributed by atoms with Crippen LogP contribution < -0.4 is 5.32 Å². The van der Waals surface area contributed by atoms with Crippen molar-refractivity contribution >= 4 is 5.91 Å². The minimum absolute atomic E-state index is 0.0737. The van der Waals surface area contributed by atoms with Gasteiger partial charge in [-0.25, -0.2) is 0 Å². The highest BCUT2D eigenvalue weighted by Gasteiger charge is 2.23. The Labute approximate surface area is 135 Å². The van der Waals surface area contributed by atoms with E-state index >= 15 is 0 Å². The van der Waals surface area contributed by atoms with E-state index in [0.29, 0.717) is 12.8 Å². The molecule has 0 aliphatic carbocycles. The van der Waals surface area contributed by atoms with Crippen molar-refractivity contribution in [3.8, 4) is 0 Å². The molecule has 0 aromatic carbocycles. The predicted molar refractivity (Wildman–Crippen MR) is 83.9 cm³/mol. The summed E-state index contributed by atoms with van der Waals surface area (Å²) in [5, 5.41) is 15.5. The lowest BCUT2D eigenvalue weighted by atomic mass is 10.1. The zero-order valence-electron chi connectivity index (χ0n) is 13.9. The zero-order chi connectivity index (χ0) is 16.4. The van der Waals surface area contributed by atoms with Gasteiger partial charge < -0.3 is 14.4 Å². The van der Waals surface area contributed by atoms with E-state index in [4.69, 9.17) is 4.52 Å². The SMILES string of the molecule is CCc1nnc2n1C[C@@H](NC(=O)CCc1c(C)noc1C)CC2. The molecule has 1 aliphatic heterocycles. The molecule has 0 radical (unpaired) electrons. The Bertz CT molecular complexity index is 670. The molecule has 0 unspecified atom stereocenters. The summed E-state index contributed by atoms with van der Waals surface area (Å²) in [4.78, 5) is 12.2. The van der Waals surface area contributed by atoms with Crippen molar-refractivity contribution in [2.24, 2.45) is 0 Å². The molecule has 0 bridgehead atoms. The second-order valence-electron chi connectivity index (χ2n) is 6.10. The molecule has 7 nitrogen and oxygen atoms in total. The van der Waals surface area contributed by atoms with Gasteiger partial charge in [-0.05, 0) is 26.7 Å². The fourth-order valence-electron chi connectivity index (χ4n) is 3.16. The number of carbonyl (C=O) groups is 1. The Balaban J connectivity index is 1.55. The van der Waals surface area contributed by atoms with Crippen LogP contribution in [0.5, 0.6) is 0 Å². The summed E-state index contributed by atoms with van der Waals surface area (Å²) in [6.45, 7) is 6.63. The molecule has 0 saturated heterocycles. The topological polar surface area (TPSA) is 85.8 Å². The normalized spacial score (nSPS) is 17.1. The van der Waals surface area contributed by atoms with Gasteiger partial charge in [0.25, 0.3) is 0 Å². The third-order valence-corrected chi connectivity index (χ3v) is 4.49. The average molecular weight is 317 g/mol. The van der Waals surface area contributed by atoms with Gasteiger partial charge in [-0.2, -0.15) is 0 Å². The molecular formula is C16H23N5O2. The van der Waals surface area contributed by atoms with Crippen LogP contribution in [0.4, 0.5) is 0 Å². The van der Waals surface area contributed by atoms with Gasteiger partial charge in [-0.15, -0.1) is 10.2 Å². The number of carbonyl (C=O) groups excluding carboxylic acids is 1. The first kappa shape index (κ1) is 15.7. The third kappa shape index (κ3) is 3.28. The maximum absolute atomic E-state index is 12.2. The van der Waals surface area contributed by atoms with Crippen molar-refractivity contribution in [3.05, 3.63) is 28.7 Å². The molecule has 124 valence electrons. The summed E-state index contributed by atoms with van der Waals surface area (Å²) < 4.78 is 7.28. The predicted octanol–water partition coefficient (Wildman–Crippen LogP) is 1.51. The summed E-state index contributed by atoms with van der Waals surface area (Å²) in [6, 6.07) is 0.154. The second kappa shape index (κ2) is 6.52. The monoisotopic (exact) mass is 317 g/mol. The van der Waals surface area contributed by atoms with Crippen molar-refractivity contribution in [2.45, 2.75) is 65.5 Å². The minimum atomic E-state index is 0.0737. The Morgan fingerprint density at radius 1 is 1.39 bits per heavy atom. The van der Waals surface area contributed by atoms with Crippen LogP contribution in [0.25, 0.3) is 0 Å². The number of aromatic nitrogens is 4. The summed E-state index contributed by atoms with van der Waals surface area (Å²) in [7, 11) is 0. The van der Waals surface area contributed by atoms with Gasteiger partial charge in [-0.3, -0.25) is 4.79 Å². The van der Waals surface area contributed by atoms with Gasteiger partial charge in [-0.1, -0.05) is 12.1 Å². The molecule has 2 aromatic rings. The Kier molecular flexibility index (Phi) is 4.45. The molecular weight excluding hydrogens is 294 g/mol. The highest BCUT2D eigenvalue weighted by Crippen LogP contribution is 2.17. The van der Waals surface area contributed by atoms with E-state index in [1.54, 1.807) is 0 Å². The summed E-state index contributed by atoms with van der Waals surface area (Å²) in [6.07, 6.45) is 3.76. The Morgan fingerprint density at radius 3 is 2.91 bits per heavy atom. The molecule has 1 N–H and O–H groups in total. The number of amides is 1.